The van der Waals surface area contributed by atoms with E-state index in [1.807, 2.05) is 121 Å². The molecule has 0 spiro atoms. The second-order valence-corrected chi connectivity index (χ2v) is 13.8. The molecule has 0 atom stereocenters. The van der Waals surface area contributed by atoms with Gasteiger partial charge < -0.3 is 4.57 Å². The van der Waals surface area contributed by atoms with Gasteiger partial charge in [-0.2, -0.15) is 5.26 Å². The van der Waals surface area contributed by atoms with Crippen molar-refractivity contribution in [2.24, 2.45) is 0 Å². The van der Waals surface area contributed by atoms with Crippen molar-refractivity contribution in [3.63, 3.8) is 0 Å². The number of carbonyl (C=O) groups is 2. The number of pyridine rings is 1. The first-order valence-corrected chi connectivity index (χ1v) is 18.3. The monoisotopic (exact) mass is 718 g/mol. The van der Waals surface area contributed by atoms with Crippen LogP contribution in [0.25, 0.3) is 72.0 Å². The zero-order valence-electron chi connectivity index (χ0n) is 29.9. The van der Waals surface area contributed by atoms with Gasteiger partial charge in [0.05, 0.1) is 45.2 Å². The molecular weight excluding hydrogens is 689 g/mol. The highest BCUT2D eigenvalue weighted by atomic mass is 16.2. The van der Waals surface area contributed by atoms with Gasteiger partial charge in [0.2, 0.25) is 0 Å². The number of nitriles is 1. The van der Waals surface area contributed by atoms with E-state index in [2.05, 4.69) is 52.0 Å². The largest absolute Gasteiger partial charge is 0.308 e. The van der Waals surface area contributed by atoms with E-state index in [4.69, 9.17) is 0 Å². The van der Waals surface area contributed by atoms with Crippen molar-refractivity contribution in [2.75, 3.05) is 4.90 Å². The molecule has 56 heavy (non-hydrogen) atoms. The normalized spacial score (nSPS) is 12.3. The van der Waals surface area contributed by atoms with Crippen molar-refractivity contribution in [3.05, 3.63) is 199 Å². The maximum absolute atomic E-state index is 15.3. The van der Waals surface area contributed by atoms with E-state index in [9.17, 15) is 10.1 Å². The number of anilines is 1. The molecule has 2 amide bonds. The highest BCUT2D eigenvalue weighted by Gasteiger charge is 2.41. The van der Waals surface area contributed by atoms with Crippen molar-refractivity contribution >= 4 is 39.3 Å². The molecule has 10 rings (SSSR count). The molecule has 1 aliphatic heterocycles. The summed E-state index contributed by atoms with van der Waals surface area (Å²) in [6.07, 6.45) is 3.33. The lowest BCUT2D eigenvalue weighted by Gasteiger charge is -2.24. The zero-order valence-corrected chi connectivity index (χ0v) is 29.9. The quantitative estimate of drug-likeness (QED) is 0.160. The minimum Gasteiger partial charge on any atom is -0.308 e. The van der Waals surface area contributed by atoms with Crippen LogP contribution in [0.4, 0.5) is 5.69 Å². The van der Waals surface area contributed by atoms with Crippen LogP contribution in [0.3, 0.4) is 0 Å². The zero-order chi connectivity index (χ0) is 37.8. The summed E-state index contributed by atoms with van der Waals surface area (Å²) in [6.45, 7) is 0. The van der Waals surface area contributed by atoms with E-state index in [-0.39, 0.29) is 11.8 Å². The second kappa shape index (κ2) is 13.2. The average Bonchev–Trinajstić information content (AvgIpc) is 3.73. The predicted molar refractivity (Wildman–Crippen MR) is 223 cm³/mol. The molecule has 0 fully saturated rings. The number of para-hydroxylation sites is 1. The number of benzene rings is 7. The Morgan fingerprint density at radius 1 is 0.482 bits per heavy atom. The van der Waals surface area contributed by atoms with Gasteiger partial charge >= 0.3 is 0 Å². The third kappa shape index (κ3) is 5.14. The molecule has 7 aromatic carbocycles. The molecule has 262 valence electrons. The summed E-state index contributed by atoms with van der Waals surface area (Å²) in [7, 11) is 0. The molecule has 0 N–H and O–H groups in total. The Kier molecular flexibility index (Phi) is 7.72. The highest BCUT2D eigenvalue weighted by molar-refractivity contribution is 6.37. The summed E-state index contributed by atoms with van der Waals surface area (Å²) in [5.41, 5.74) is 11.1. The SMILES string of the molecule is N#Cc1ccncc1-c1ccc2c(c1)c1ccccc1n2-c1cccc2c1C(=O)N(c1c(-c3ccccc3)cc(-c3ccccc3)cc1-c1ccccc1)C2=O. The van der Waals surface area contributed by atoms with E-state index < -0.39 is 0 Å². The van der Waals surface area contributed by atoms with Crippen molar-refractivity contribution in [1.29, 1.82) is 5.26 Å². The molecule has 0 radical (unpaired) electrons. The number of nitrogens with zero attached hydrogens (tertiary/aromatic N) is 4. The molecule has 0 aliphatic carbocycles. The number of rotatable bonds is 6. The number of aromatic nitrogens is 2. The van der Waals surface area contributed by atoms with Crippen LogP contribution in [0.2, 0.25) is 0 Å². The smallest absolute Gasteiger partial charge is 0.268 e. The van der Waals surface area contributed by atoms with Crippen LogP contribution in [0.5, 0.6) is 0 Å². The van der Waals surface area contributed by atoms with Crippen molar-refractivity contribution in [2.45, 2.75) is 0 Å². The molecule has 9 aromatic rings. The highest BCUT2D eigenvalue weighted by Crippen LogP contribution is 2.47. The Morgan fingerprint density at radius 2 is 1.11 bits per heavy atom. The summed E-state index contributed by atoms with van der Waals surface area (Å²) in [6, 6.07) is 57.8. The number of hydrogen-bond acceptors (Lipinski definition) is 4. The van der Waals surface area contributed by atoms with Crippen LogP contribution in [-0.4, -0.2) is 21.4 Å². The standard InChI is InChI=1S/C50H30N4O2/c51-30-36-25-26-52-31-43(36)35-23-24-45-42(27-35)38-19-10-11-21-44(38)53(45)46-22-12-20-39-47(46)50(56)54(49(39)55)48-40(33-15-6-2-7-16-33)28-37(32-13-4-1-5-14-32)29-41(48)34-17-8-3-9-18-34/h1-29,31H. The molecular formula is C50H30N4O2. The predicted octanol–water partition coefficient (Wildman–Crippen LogP) is 11.5. The molecule has 1 aliphatic rings. The number of imide groups is 1. The van der Waals surface area contributed by atoms with Crippen molar-refractivity contribution < 1.29 is 9.59 Å². The van der Waals surface area contributed by atoms with E-state index in [0.717, 1.165) is 66.3 Å². The Balaban J connectivity index is 1.20. The lowest BCUT2D eigenvalue weighted by Crippen LogP contribution is -2.30. The van der Waals surface area contributed by atoms with Gasteiger partial charge in [-0.25, -0.2) is 4.90 Å². The minimum atomic E-state index is -0.390. The van der Waals surface area contributed by atoms with Crippen LogP contribution >= 0.6 is 0 Å². The van der Waals surface area contributed by atoms with Gasteiger partial charge in [-0.3, -0.25) is 14.6 Å². The minimum absolute atomic E-state index is 0.341. The van der Waals surface area contributed by atoms with Gasteiger partial charge in [0.15, 0.2) is 0 Å². The first-order valence-electron chi connectivity index (χ1n) is 18.3. The lowest BCUT2D eigenvalue weighted by atomic mass is 9.90. The van der Waals surface area contributed by atoms with Gasteiger partial charge in [-0.1, -0.05) is 121 Å². The summed E-state index contributed by atoms with van der Waals surface area (Å²) in [4.78, 5) is 35.9. The third-order valence-corrected chi connectivity index (χ3v) is 10.7. The summed E-state index contributed by atoms with van der Waals surface area (Å²) >= 11 is 0. The maximum atomic E-state index is 15.3. The van der Waals surface area contributed by atoms with Gasteiger partial charge in [0.25, 0.3) is 11.8 Å². The van der Waals surface area contributed by atoms with Crippen LogP contribution < -0.4 is 4.90 Å². The van der Waals surface area contributed by atoms with Crippen molar-refractivity contribution in [1.82, 2.24) is 9.55 Å². The van der Waals surface area contributed by atoms with E-state index in [1.165, 1.54) is 4.90 Å². The van der Waals surface area contributed by atoms with Crippen LogP contribution in [0.1, 0.15) is 26.3 Å². The average molecular weight is 719 g/mol. The Labute approximate surface area is 322 Å². The molecule has 6 heteroatoms. The number of fused-ring (bicyclic) bond motifs is 4. The van der Waals surface area contributed by atoms with Gasteiger partial charge in [-0.05, 0) is 76.3 Å². The lowest BCUT2D eigenvalue weighted by molar-refractivity contribution is 0.0926. The maximum Gasteiger partial charge on any atom is 0.268 e. The number of carbonyl (C=O) groups excluding carboxylic acids is 2. The van der Waals surface area contributed by atoms with Gasteiger partial charge in [0, 0.05) is 39.9 Å². The fraction of sp³-hybridized carbons (Fsp3) is 0. The Bertz CT molecular complexity index is 3010. The fourth-order valence-corrected chi connectivity index (χ4v) is 8.13. The third-order valence-electron chi connectivity index (χ3n) is 10.7. The van der Waals surface area contributed by atoms with Crippen LogP contribution in [-0.2, 0) is 0 Å². The van der Waals surface area contributed by atoms with Gasteiger partial charge in [-0.15, -0.1) is 0 Å². The van der Waals surface area contributed by atoms with Crippen LogP contribution in [0, 0.1) is 11.3 Å². The molecule has 0 unspecified atom stereocenters. The summed E-state index contributed by atoms with van der Waals surface area (Å²) < 4.78 is 2.07. The van der Waals surface area contributed by atoms with Gasteiger partial charge in [0.1, 0.15) is 0 Å². The number of hydrogen-bond donors (Lipinski definition) is 0. The first-order chi connectivity index (χ1) is 27.6. The Morgan fingerprint density at radius 3 is 1.79 bits per heavy atom. The summed E-state index contributed by atoms with van der Waals surface area (Å²) in [5.74, 6) is -0.767. The molecule has 2 aromatic heterocycles. The molecule has 6 nitrogen and oxygen atoms in total. The number of amides is 2. The van der Waals surface area contributed by atoms with Crippen LogP contribution in [0.15, 0.2) is 182 Å². The molecule has 0 bridgehead atoms. The second-order valence-electron chi connectivity index (χ2n) is 13.8. The molecule has 0 saturated carbocycles. The topological polar surface area (TPSA) is 79.0 Å². The van der Waals surface area contributed by atoms with E-state index >= 15 is 4.79 Å². The van der Waals surface area contributed by atoms with E-state index in [1.54, 1.807) is 24.5 Å². The molecule has 3 heterocycles. The Hall–Kier alpha value is -7.88. The summed E-state index contributed by atoms with van der Waals surface area (Å²) in [5, 5.41) is 11.8. The fourth-order valence-electron chi connectivity index (χ4n) is 8.13. The first kappa shape index (κ1) is 32.7. The van der Waals surface area contributed by atoms with Crippen molar-refractivity contribution in [3.8, 4) is 56.3 Å². The molecule has 0 saturated heterocycles. The van der Waals surface area contributed by atoms with E-state index in [0.29, 0.717) is 28.1 Å².